The molecule has 4 rings (SSSR count). The summed E-state index contributed by atoms with van der Waals surface area (Å²) in [5.74, 6) is -0.197. The smallest absolute Gasteiger partial charge is 0.408 e. The first-order chi connectivity index (χ1) is 19.0. The zero-order valence-corrected chi connectivity index (χ0v) is 23.6. The van der Waals surface area contributed by atoms with Crippen LogP contribution in [-0.2, 0) is 20.8 Å². The van der Waals surface area contributed by atoms with Crippen LogP contribution >= 0.6 is 11.8 Å². The number of anilines is 1. The molecule has 1 fully saturated rings. The van der Waals surface area contributed by atoms with Crippen LogP contribution < -0.4 is 20.7 Å². The SMILES string of the molecule is CC(C)(C)OC(=O)N[C@H]1CSc2cc(F)c(/C(N)=N/O)cc2N(Cc2ccc(OCC3CCOCC3)cc2)C1=O. The molecule has 0 unspecified atom stereocenters. The number of oxime groups is 1. The van der Waals surface area contributed by atoms with E-state index in [9.17, 15) is 14.0 Å². The van der Waals surface area contributed by atoms with Gasteiger partial charge in [-0.3, -0.25) is 4.79 Å². The molecule has 1 atom stereocenters. The minimum Gasteiger partial charge on any atom is -0.493 e. The zero-order chi connectivity index (χ0) is 28.9. The molecule has 216 valence electrons. The third kappa shape index (κ3) is 7.57. The third-order valence-electron chi connectivity index (χ3n) is 6.47. The summed E-state index contributed by atoms with van der Waals surface area (Å²) in [6, 6.07) is 9.08. The van der Waals surface area contributed by atoms with Crippen molar-refractivity contribution in [2.75, 3.05) is 30.5 Å². The summed E-state index contributed by atoms with van der Waals surface area (Å²) in [6.07, 6.45) is 1.21. The number of nitrogens with two attached hydrogens (primary N) is 1. The fourth-order valence-corrected chi connectivity index (χ4v) is 5.46. The second-order valence-corrected chi connectivity index (χ2v) is 11.8. The summed E-state index contributed by atoms with van der Waals surface area (Å²) in [7, 11) is 0. The number of thioether (sulfide) groups is 1. The molecular weight excluding hydrogens is 539 g/mol. The highest BCUT2D eigenvalue weighted by Gasteiger charge is 2.34. The van der Waals surface area contributed by atoms with Crippen LogP contribution in [0.4, 0.5) is 14.9 Å². The molecule has 4 N–H and O–H groups in total. The van der Waals surface area contributed by atoms with Crippen LogP contribution in [0.2, 0.25) is 0 Å². The lowest BCUT2D eigenvalue weighted by atomic mass is 10.0. The number of rotatable bonds is 7. The van der Waals surface area contributed by atoms with Crippen LogP contribution in [0.25, 0.3) is 0 Å². The lowest BCUT2D eigenvalue weighted by molar-refractivity contribution is -0.120. The van der Waals surface area contributed by atoms with Crippen molar-refractivity contribution < 1.29 is 33.4 Å². The fourth-order valence-electron chi connectivity index (χ4n) is 4.39. The Bertz CT molecular complexity index is 1240. The summed E-state index contributed by atoms with van der Waals surface area (Å²) in [4.78, 5) is 28.3. The van der Waals surface area contributed by atoms with Gasteiger partial charge in [0.2, 0.25) is 0 Å². The molecule has 2 heterocycles. The summed E-state index contributed by atoms with van der Waals surface area (Å²) in [5.41, 5.74) is 5.98. The van der Waals surface area contributed by atoms with Gasteiger partial charge in [-0.25, -0.2) is 9.18 Å². The van der Waals surface area contributed by atoms with E-state index in [1.165, 1.54) is 28.8 Å². The quantitative estimate of drug-likeness (QED) is 0.193. The van der Waals surface area contributed by atoms with Crippen LogP contribution in [0.15, 0.2) is 46.4 Å². The molecule has 10 nitrogen and oxygen atoms in total. The van der Waals surface area contributed by atoms with Crippen LogP contribution in [0, 0.1) is 11.7 Å². The van der Waals surface area contributed by atoms with Gasteiger partial charge in [-0.05, 0) is 69.4 Å². The minimum absolute atomic E-state index is 0.125. The van der Waals surface area contributed by atoms with Crippen LogP contribution in [0.5, 0.6) is 5.75 Å². The normalized spacial score (nSPS) is 18.6. The maximum atomic E-state index is 14.8. The Morgan fingerprint density at radius 1 is 1.25 bits per heavy atom. The van der Waals surface area contributed by atoms with Crippen LogP contribution in [0.1, 0.15) is 44.7 Å². The van der Waals surface area contributed by atoms with Crippen molar-refractivity contribution in [2.24, 2.45) is 16.8 Å². The van der Waals surface area contributed by atoms with Crippen LogP contribution in [0.3, 0.4) is 0 Å². The van der Waals surface area contributed by atoms with Crippen molar-refractivity contribution >= 4 is 35.3 Å². The Labute approximate surface area is 237 Å². The standard InChI is InChI=1S/C28H35FN4O6S/c1-28(2,3)39-27(35)31-22-16-40-24-13-21(29)20(25(30)32-36)12-23(24)33(26(22)34)14-17-4-6-19(7-5-17)38-15-18-8-10-37-11-9-18/h4-7,12-13,18,22,36H,8-11,14-16H2,1-3H3,(H2,30,32)(H,31,35)/t22-/m0/s1. The number of ether oxygens (including phenoxy) is 3. The minimum atomic E-state index is -0.940. The number of nitrogens with one attached hydrogen (secondary N) is 1. The van der Waals surface area contributed by atoms with Gasteiger partial charge in [0.25, 0.3) is 5.91 Å². The van der Waals surface area contributed by atoms with E-state index in [4.69, 9.17) is 25.2 Å². The third-order valence-corrected chi connectivity index (χ3v) is 7.61. The predicted molar refractivity (Wildman–Crippen MR) is 149 cm³/mol. The molecule has 2 aliphatic rings. The number of carbonyl (C=O) groups is 2. The topological polar surface area (TPSA) is 136 Å². The lowest BCUT2D eigenvalue weighted by Crippen LogP contribution is -2.50. The average Bonchev–Trinajstić information content (AvgIpc) is 3.03. The number of carbonyl (C=O) groups excluding carboxylic acids is 2. The summed E-state index contributed by atoms with van der Waals surface area (Å²) < 4.78 is 31.6. The molecule has 0 radical (unpaired) electrons. The molecular formula is C28H35FN4O6S. The van der Waals surface area contributed by atoms with Crippen molar-refractivity contribution in [3.05, 3.63) is 53.3 Å². The molecule has 2 amide bonds. The van der Waals surface area contributed by atoms with Gasteiger partial charge in [0.05, 0.1) is 24.4 Å². The van der Waals surface area contributed by atoms with Gasteiger partial charge in [-0.2, -0.15) is 0 Å². The van der Waals surface area contributed by atoms with E-state index in [1.54, 1.807) is 20.8 Å². The first kappa shape index (κ1) is 29.5. The number of amidine groups is 1. The van der Waals surface area contributed by atoms with Gasteiger partial charge in [-0.1, -0.05) is 17.3 Å². The van der Waals surface area contributed by atoms with Crippen molar-refractivity contribution in [3.8, 4) is 5.75 Å². The monoisotopic (exact) mass is 574 g/mol. The van der Waals surface area contributed by atoms with Crippen molar-refractivity contribution in [1.82, 2.24) is 5.32 Å². The maximum absolute atomic E-state index is 14.8. The van der Waals surface area contributed by atoms with Gasteiger partial charge in [0.1, 0.15) is 23.2 Å². The first-order valence-corrected chi connectivity index (χ1v) is 14.1. The second kappa shape index (κ2) is 12.8. The molecule has 0 aliphatic carbocycles. The molecule has 0 spiro atoms. The molecule has 40 heavy (non-hydrogen) atoms. The van der Waals surface area contributed by atoms with Gasteiger partial charge < -0.3 is 35.4 Å². The van der Waals surface area contributed by atoms with Gasteiger partial charge in [-0.15, -0.1) is 11.8 Å². The zero-order valence-electron chi connectivity index (χ0n) is 22.8. The Morgan fingerprint density at radius 2 is 1.95 bits per heavy atom. The summed E-state index contributed by atoms with van der Waals surface area (Å²) in [6.45, 7) is 7.42. The number of hydrogen-bond donors (Lipinski definition) is 3. The first-order valence-electron chi connectivity index (χ1n) is 13.1. The Morgan fingerprint density at radius 3 is 2.60 bits per heavy atom. The fraction of sp³-hybridized carbons (Fsp3) is 0.464. The highest BCUT2D eigenvalue weighted by Crippen LogP contribution is 2.37. The number of amides is 2. The molecule has 0 bridgehead atoms. The molecule has 2 aromatic rings. The van der Waals surface area contributed by atoms with Gasteiger partial charge in [0.15, 0.2) is 5.84 Å². The molecule has 2 aromatic carbocycles. The van der Waals surface area contributed by atoms with E-state index in [2.05, 4.69) is 10.5 Å². The van der Waals surface area contributed by atoms with E-state index in [1.807, 2.05) is 24.3 Å². The van der Waals surface area contributed by atoms with E-state index < -0.39 is 35.3 Å². The second-order valence-electron chi connectivity index (χ2n) is 10.7. The van der Waals surface area contributed by atoms with E-state index >= 15 is 0 Å². The van der Waals surface area contributed by atoms with Gasteiger partial charge in [0, 0.05) is 23.9 Å². The largest absolute Gasteiger partial charge is 0.493 e. The van der Waals surface area contributed by atoms with Crippen LogP contribution in [-0.4, -0.2) is 60.3 Å². The highest BCUT2D eigenvalue weighted by atomic mass is 32.2. The number of fused-ring (bicyclic) bond motifs is 1. The molecule has 0 saturated carbocycles. The number of halogens is 1. The highest BCUT2D eigenvalue weighted by molar-refractivity contribution is 7.99. The molecule has 0 aromatic heterocycles. The van der Waals surface area contributed by atoms with E-state index in [0.717, 1.165) is 31.6 Å². The number of alkyl carbamates (subject to hydrolysis) is 1. The van der Waals surface area contributed by atoms with Gasteiger partial charge >= 0.3 is 6.09 Å². The van der Waals surface area contributed by atoms with E-state index in [-0.39, 0.29) is 17.9 Å². The van der Waals surface area contributed by atoms with Crippen molar-refractivity contribution in [1.29, 1.82) is 0 Å². The Kier molecular flexibility index (Phi) is 9.41. The lowest BCUT2D eigenvalue weighted by Gasteiger charge is -2.27. The maximum Gasteiger partial charge on any atom is 0.408 e. The molecule has 12 heteroatoms. The average molecular weight is 575 g/mol. The van der Waals surface area contributed by atoms with Crippen molar-refractivity contribution in [3.63, 3.8) is 0 Å². The summed E-state index contributed by atoms with van der Waals surface area (Å²) >= 11 is 1.22. The number of benzene rings is 2. The number of nitrogens with zero attached hydrogens (tertiary/aromatic N) is 2. The van der Waals surface area contributed by atoms with Crippen molar-refractivity contribution in [2.45, 2.75) is 56.7 Å². The molecule has 1 saturated heterocycles. The number of hydrogen-bond acceptors (Lipinski definition) is 8. The Hall–Kier alpha value is -3.51. The predicted octanol–water partition coefficient (Wildman–Crippen LogP) is 4.26. The molecule has 2 aliphatic heterocycles. The van der Waals surface area contributed by atoms with E-state index in [0.29, 0.717) is 28.9 Å². The summed E-state index contributed by atoms with van der Waals surface area (Å²) in [5, 5.41) is 14.7. The Balaban J connectivity index is 1.58.